The van der Waals surface area contributed by atoms with Crippen LogP contribution in [0.5, 0.6) is 0 Å². The molecule has 7 nitrogen and oxygen atoms in total. The topological polar surface area (TPSA) is 86.0 Å². The summed E-state index contributed by atoms with van der Waals surface area (Å²) in [5.41, 5.74) is 1.31. The summed E-state index contributed by atoms with van der Waals surface area (Å²) in [5.74, 6) is 0.577. The van der Waals surface area contributed by atoms with Crippen LogP contribution in [-0.4, -0.2) is 33.4 Å². The largest absolute Gasteiger partial charge is 0.383 e. The summed E-state index contributed by atoms with van der Waals surface area (Å²) in [7, 11) is 1.60. The molecule has 1 heterocycles. The first kappa shape index (κ1) is 14.4. The number of nitrogens with one attached hydrogen (secondary N) is 1. The van der Waals surface area contributed by atoms with Crippen molar-refractivity contribution in [1.29, 1.82) is 0 Å². The zero-order valence-corrected chi connectivity index (χ0v) is 11.9. The molecule has 0 fully saturated rings. The zero-order chi connectivity index (χ0) is 14.7. The second kappa shape index (κ2) is 5.93. The van der Waals surface area contributed by atoms with Gasteiger partial charge in [-0.1, -0.05) is 12.1 Å². The maximum absolute atomic E-state index is 11.0. The first-order valence-electron chi connectivity index (χ1n) is 5.94. The molecule has 0 atom stereocenters. The number of nitro groups is 1. The summed E-state index contributed by atoms with van der Waals surface area (Å²) in [6.07, 6.45) is 0. The van der Waals surface area contributed by atoms with Gasteiger partial charge in [0.1, 0.15) is 0 Å². The number of methoxy groups -OCH3 is 1. The molecule has 20 heavy (non-hydrogen) atoms. The summed E-state index contributed by atoms with van der Waals surface area (Å²) in [6, 6.07) is 4.90. The average Bonchev–Trinajstić information content (AvgIpc) is 2.77. The van der Waals surface area contributed by atoms with Gasteiger partial charge in [-0.15, -0.1) is 0 Å². The maximum Gasteiger partial charge on any atom is 0.273 e. The van der Waals surface area contributed by atoms with Gasteiger partial charge in [0.2, 0.25) is 0 Å². The first-order chi connectivity index (χ1) is 9.56. The van der Waals surface area contributed by atoms with E-state index in [-0.39, 0.29) is 5.69 Å². The van der Waals surface area contributed by atoms with Crippen LogP contribution in [0.1, 0.15) is 5.56 Å². The summed E-state index contributed by atoms with van der Waals surface area (Å²) < 4.78 is 7.27. The lowest BCUT2D eigenvalue weighted by atomic mass is 10.1. The quantitative estimate of drug-likeness (QED) is 0.520. The fourth-order valence-electron chi connectivity index (χ4n) is 1.98. The van der Waals surface area contributed by atoms with Crippen LogP contribution in [0, 0.1) is 21.8 Å². The van der Waals surface area contributed by atoms with E-state index in [9.17, 15) is 10.1 Å². The van der Waals surface area contributed by atoms with Gasteiger partial charge in [-0.05, 0) is 19.1 Å². The molecular weight excluding hydrogens is 280 g/mol. The molecule has 0 saturated carbocycles. The SMILES string of the molecule is COCCn1c(-c2cccc([N+](=O)[O-])c2C)n[nH]c1=S. The molecule has 8 heteroatoms. The van der Waals surface area contributed by atoms with E-state index >= 15 is 0 Å². The van der Waals surface area contributed by atoms with Gasteiger partial charge in [0.05, 0.1) is 18.1 Å². The minimum atomic E-state index is -0.403. The third kappa shape index (κ3) is 2.61. The molecule has 0 radical (unpaired) electrons. The predicted molar refractivity (Wildman–Crippen MR) is 76.1 cm³/mol. The number of hydrogen-bond acceptors (Lipinski definition) is 5. The van der Waals surface area contributed by atoms with Gasteiger partial charge in [-0.3, -0.25) is 19.8 Å². The van der Waals surface area contributed by atoms with Gasteiger partial charge in [-0.25, -0.2) is 0 Å². The minimum absolute atomic E-state index is 0.0645. The maximum atomic E-state index is 11.0. The summed E-state index contributed by atoms with van der Waals surface area (Å²) in [6.45, 7) is 2.71. The monoisotopic (exact) mass is 294 g/mol. The molecule has 1 aromatic heterocycles. The van der Waals surface area contributed by atoms with E-state index in [4.69, 9.17) is 17.0 Å². The highest BCUT2D eigenvalue weighted by Gasteiger charge is 2.18. The molecule has 0 aliphatic rings. The molecule has 0 saturated heterocycles. The Labute approximate surface area is 120 Å². The fourth-order valence-corrected chi connectivity index (χ4v) is 2.20. The molecule has 0 bridgehead atoms. The normalized spacial score (nSPS) is 10.7. The van der Waals surface area contributed by atoms with Gasteiger partial charge < -0.3 is 4.74 Å². The lowest BCUT2D eigenvalue weighted by Crippen LogP contribution is -2.07. The van der Waals surface area contributed by atoms with E-state index < -0.39 is 4.92 Å². The molecule has 0 aliphatic carbocycles. The van der Waals surface area contributed by atoms with Crippen LogP contribution in [0.3, 0.4) is 0 Å². The van der Waals surface area contributed by atoms with E-state index in [0.29, 0.717) is 34.9 Å². The van der Waals surface area contributed by atoms with Crippen molar-refractivity contribution in [2.75, 3.05) is 13.7 Å². The fraction of sp³-hybridized carbons (Fsp3) is 0.333. The second-order valence-electron chi connectivity index (χ2n) is 4.20. The summed E-state index contributed by atoms with van der Waals surface area (Å²) >= 11 is 5.17. The Morgan fingerprint density at radius 2 is 2.30 bits per heavy atom. The lowest BCUT2D eigenvalue weighted by Gasteiger charge is -2.08. The molecule has 1 N–H and O–H groups in total. The number of nitro benzene ring substituents is 1. The Morgan fingerprint density at radius 1 is 1.55 bits per heavy atom. The first-order valence-corrected chi connectivity index (χ1v) is 6.35. The standard InChI is InChI=1S/C12H14N4O3S/c1-8-9(4-3-5-10(8)16(17)18)11-13-14-12(20)15(11)6-7-19-2/h3-5H,6-7H2,1-2H3,(H,14,20). The highest BCUT2D eigenvalue weighted by Crippen LogP contribution is 2.28. The van der Waals surface area contributed by atoms with Crippen molar-refractivity contribution in [1.82, 2.24) is 14.8 Å². The van der Waals surface area contributed by atoms with Crippen LogP contribution in [0.2, 0.25) is 0 Å². The van der Waals surface area contributed by atoms with Gasteiger partial charge in [0.15, 0.2) is 10.6 Å². The number of rotatable bonds is 5. The number of nitrogens with zero attached hydrogens (tertiary/aromatic N) is 3. The molecule has 2 aromatic rings. The van der Waals surface area contributed by atoms with Crippen molar-refractivity contribution < 1.29 is 9.66 Å². The second-order valence-corrected chi connectivity index (χ2v) is 4.59. The molecule has 0 unspecified atom stereocenters. The van der Waals surface area contributed by atoms with Crippen molar-refractivity contribution in [3.8, 4) is 11.4 Å². The van der Waals surface area contributed by atoms with E-state index in [1.165, 1.54) is 6.07 Å². The number of aromatic nitrogens is 3. The van der Waals surface area contributed by atoms with Crippen LogP contribution in [0.25, 0.3) is 11.4 Å². The van der Waals surface area contributed by atoms with Gasteiger partial charge in [0, 0.05) is 24.3 Å². The van der Waals surface area contributed by atoms with E-state index in [0.717, 1.165) is 0 Å². The predicted octanol–water partition coefficient (Wildman–Crippen LogP) is 2.47. The third-order valence-corrected chi connectivity index (χ3v) is 3.33. The third-order valence-electron chi connectivity index (χ3n) is 3.02. The van der Waals surface area contributed by atoms with Gasteiger partial charge in [0.25, 0.3) is 5.69 Å². The number of hydrogen-bond donors (Lipinski definition) is 1. The van der Waals surface area contributed by atoms with Gasteiger partial charge >= 0.3 is 0 Å². The molecule has 1 aromatic carbocycles. The Morgan fingerprint density at radius 3 is 2.95 bits per heavy atom. The van der Waals surface area contributed by atoms with Crippen molar-refractivity contribution in [3.05, 3.63) is 38.6 Å². The molecule has 0 amide bonds. The Hall–Kier alpha value is -2.06. The highest BCUT2D eigenvalue weighted by molar-refractivity contribution is 7.71. The van der Waals surface area contributed by atoms with Crippen molar-refractivity contribution in [2.45, 2.75) is 13.5 Å². The van der Waals surface area contributed by atoms with Crippen LogP contribution < -0.4 is 0 Å². The number of ether oxygens (including phenoxy) is 1. The molecule has 0 spiro atoms. The van der Waals surface area contributed by atoms with E-state index in [1.807, 2.05) is 0 Å². The smallest absolute Gasteiger partial charge is 0.273 e. The van der Waals surface area contributed by atoms with Crippen LogP contribution in [0.4, 0.5) is 5.69 Å². The Kier molecular flexibility index (Phi) is 4.26. The summed E-state index contributed by atoms with van der Waals surface area (Å²) in [4.78, 5) is 10.6. The van der Waals surface area contributed by atoms with Gasteiger partial charge in [-0.2, -0.15) is 5.10 Å². The minimum Gasteiger partial charge on any atom is -0.383 e. The summed E-state index contributed by atoms with van der Waals surface area (Å²) in [5, 5.41) is 17.9. The van der Waals surface area contributed by atoms with Crippen molar-refractivity contribution >= 4 is 17.9 Å². The molecular formula is C12H14N4O3S. The Balaban J connectivity index is 2.55. The molecule has 106 valence electrons. The van der Waals surface area contributed by atoms with E-state index in [1.54, 1.807) is 30.7 Å². The number of H-pyrrole nitrogens is 1. The Bertz CT molecular complexity index is 692. The van der Waals surface area contributed by atoms with Crippen LogP contribution in [0.15, 0.2) is 18.2 Å². The molecule has 0 aliphatic heterocycles. The van der Waals surface area contributed by atoms with E-state index in [2.05, 4.69) is 10.2 Å². The lowest BCUT2D eigenvalue weighted by molar-refractivity contribution is -0.385. The average molecular weight is 294 g/mol. The van der Waals surface area contributed by atoms with Crippen LogP contribution in [-0.2, 0) is 11.3 Å². The zero-order valence-electron chi connectivity index (χ0n) is 11.1. The van der Waals surface area contributed by atoms with Crippen molar-refractivity contribution in [2.24, 2.45) is 0 Å². The highest BCUT2D eigenvalue weighted by atomic mass is 32.1. The number of benzene rings is 1. The van der Waals surface area contributed by atoms with Crippen LogP contribution >= 0.6 is 12.2 Å². The molecule has 2 rings (SSSR count). The number of aromatic amines is 1. The van der Waals surface area contributed by atoms with Crippen molar-refractivity contribution in [3.63, 3.8) is 0 Å².